The number of hydrogen-bond donors (Lipinski definition) is 0. The molecule has 4 rings (SSSR count). The Bertz CT molecular complexity index is 873. The van der Waals surface area contributed by atoms with E-state index in [4.69, 9.17) is 0 Å². The van der Waals surface area contributed by atoms with Gasteiger partial charge >= 0.3 is 0 Å². The van der Waals surface area contributed by atoms with Crippen molar-refractivity contribution >= 4 is 17.5 Å². The van der Waals surface area contributed by atoms with Gasteiger partial charge in [0.2, 0.25) is 11.8 Å². The fraction of sp³-hybridized carbons (Fsp3) is 0.364. The van der Waals surface area contributed by atoms with Gasteiger partial charge in [-0.2, -0.15) is 0 Å². The molecule has 2 aliphatic rings. The molecular formula is C22H24FN3O2. The number of amides is 2. The van der Waals surface area contributed by atoms with Crippen molar-refractivity contribution in [2.24, 2.45) is 5.92 Å². The van der Waals surface area contributed by atoms with Crippen LogP contribution in [-0.2, 0) is 9.59 Å². The van der Waals surface area contributed by atoms with E-state index in [9.17, 15) is 14.0 Å². The van der Waals surface area contributed by atoms with Gasteiger partial charge in [0.05, 0.1) is 12.0 Å². The van der Waals surface area contributed by atoms with Crippen LogP contribution in [0, 0.1) is 11.7 Å². The van der Waals surface area contributed by atoms with Gasteiger partial charge in [0.1, 0.15) is 5.82 Å². The van der Waals surface area contributed by atoms with Gasteiger partial charge in [-0.05, 0) is 30.8 Å². The topological polar surface area (TPSA) is 43.9 Å². The lowest BCUT2D eigenvalue weighted by Crippen LogP contribution is -2.51. The summed E-state index contributed by atoms with van der Waals surface area (Å²) in [6.07, 6.45) is 0.170. The van der Waals surface area contributed by atoms with Crippen molar-refractivity contribution in [3.63, 3.8) is 0 Å². The van der Waals surface area contributed by atoms with E-state index in [1.54, 1.807) is 12.1 Å². The van der Waals surface area contributed by atoms with E-state index >= 15 is 0 Å². The monoisotopic (exact) mass is 381 g/mol. The first kappa shape index (κ1) is 18.6. The fourth-order valence-corrected chi connectivity index (χ4v) is 4.14. The molecule has 28 heavy (non-hydrogen) atoms. The molecule has 2 aromatic carbocycles. The van der Waals surface area contributed by atoms with Crippen LogP contribution >= 0.6 is 0 Å². The fourth-order valence-electron chi connectivity index (χ4n) is 4.14. The molecule has 2 aliphatic heterocycles. The molecule has 2 saturated heterocycles. The zero-order chi connectivity index (χ0) is 19.7. The maximum Gasteiger partial charge on any atom is 0.228 e. The molecule has 2 aromatic rings. The molecular weight excluding hydrogens is 357 g/mol. The zero-order valence-corrected chi connectivity index (χ0v) is 15.9. The molecule has 0 bridgehead atoms. The number of rotatable bonds is 3. The van der Waals surface area contributed by atoms with Gasteiger partial charge in [-0.15, -0.1) is 0 Å². The van der Waals surface area contributed by atoms with Crippen LogP contribution in [-0.4, -0.2) is 54.8 Å². The Hall–Kier alpha value is -2.73. The third-order valence-corrected chi connectivity index (χ3v) is 5.65. The normalized spacial score (nSPS) is 23.3. The molecule has 0 saturated carbocycles. The smallest absolute Gasteiger partial charge is 0.228 e. The minimum Gasteiger partial charge on any atom is -0.333 e. The van der Waals surface area contributed by atoms with E-state index in [2.05, 4.69) is 11.9 Å². The summed E-state index contributed by atoms with van der Waals surface area (Å²) in [4.78, 5) is 31.5. The van der Waals surface area contributed by atoms with Gasteiger partial charge in [-0.3, -0.25) is 9.59 Å². The molecule has 2 fully saturated rings. The standard InChI is InChI=1S/C22H24FN3O2/c1-24-10-11-25(20(15-24)16-6-3-2-4-7-16)22(28)17-12-21(27)26(14-17)19-9-5-8-18(23)13-19/h2-9,13,17,20H,10-12,14-15H2,1H3/t17-,20+/m1/s1. The van der Waals surface area contributed by atoms with Gasteiger partial charge < -0.3 is 14.7 Å². The molecule has 0 aliphatic carbocycles. The second kappa shape index (κ2) is 7.72. The van der Waals surface area contributed by atoms with E-state index in [0.29, 0.717) is 18.8 Å². The first-order chi connectivity index (χ1) is 13.5. The van der Waals surface area contributed by atoms with Crippen molar-refractivity contribution < 1.29 is 14.0 Å². The van der Waals surface area contributed by atoms with Crippen molar-refractivity contribution in [1.29, 1.82) is 0 Å². The van der Waals surface area contributed by atoms with Crippen LogP contribution in [0.15, 0.2) is 54.6 Å². The Labute approximate surface area is 164 Å². The van der Waals surface area contributed by atoms with E-state index in [1.165, 1.54) is 17.0 Å². The summed E-state index contributed by atoms with van der Waals surface area (Å²) in [5.41, 5.74) is 1.62. The predicted octanol–water partition coefficient (Wildman–Crippen LogP) is 2.69. The highest BCUT2D eigenvalue weighted by Gasteiger charge is 2.40. The zero-order valence-electron chi connectivity index (χ0n) is 15.9. The highest BCUT2D eigenvalue weighted by atomic mass is 19.1. The quantitative estimate of drug-likeness (QED) is 0.821. The van der Waals surface area contributed by atoms with Gasteiger partial charge in [-0.25, -0.2) is 4.39 Å². The highest BCUT2D eigenvalue weighted by Crippen LogP contribution is 2.31. The molecule has 6 heteroatoms. The summed E-state index contributed by atoms with van der Waals surface area (Å²) in [5, 5.41) is 0. The number of carbonyl (C=O) groups excluding carboxylic acids is 2. The number of nitrogens with zero attached hydrogens (tertiary/aromatic N) is 3. The predicted molar refractivity (Wildman–Crippen MR) is 105 cm³/mol. The molecule has 5 nitrogen and oxygen atoms in total. The average Bonchev–Trinajstić information content (AvgIpc) is 3.10. The van der Waals surface area contributed by atoms with Crippen molar-refractivity contribution in [3.8, 4) is 0 Å². The number of hydrogen-bond acceptors (Lipinski definition) is 3. The van der Waals surface area contributed by atoms with Gasteiger partial charge in [0.25, 0.3) is 0 Å². The molecule has 0 spiro atoms. The van der Waals surface area contributed by atoms with E-state index < -0.39 is 5.92 Å². The number of piperazine rings is 1. The number of anilines is 1. The number of carbonyl (C=O) groups is 2. The van der Waals surface area contributed by atoms with Crippen LogP contribution in [0.5, 0.6) is 0 Å². The average molecular weight is 381 g/mol. The Morgan fingerprint density at radius 3 is 2.57 bits per heavy atom. The third-order valence-electron chi connectivity index (χ3n) is 5.65. The maximum absolute atomic E-state index is 13.6. The number of benzene rings is 2. The van der Waals surface area contributed by atoms with Crippen molar-refractivity contribution in [1.82, 2.24) is 9.80 Å². The van der Waals surface area contributed by atoms with E-state index in [0.717, 1.165) is 18.7 Å². The van der Waals surface area contributed by atoms with Crippen LogP contribution in [0.2, 0.25) is 0 Å². The van der Waals surface area contributed by atoms with Crippen LogP contribution in [0.4, 0.5) is 10.1 Å². The second-order valence-corrected chi connectivity index (χ2v) is 7.61. The van der Waals surface area contributed by atoms with Crippen LogP contribution in [0.1, 0.15) is 18.0 Å². The lowest BCUT2D eigenvalue weighted by atomic mass is 9.99. The summed E-state index contributed by atoms with van der Waals surface area (Å²) in [7, 11) is 2.06. The summed E-state index contributed by atoms with van der Waals surface area (Å²) in [6, 6.07) is 16.0. The van der Waals surface area contributed by atoms with Gasteiger partial charge in [0.15, 0.2) is 0 Å². The molecule has 2 amide bonds. The molecule has 146 valence electrons. The summed E-state index contributed by atoms with van der Waals surface area (Å²) in [6.45, 7) is 2.52. The largest absolute Gasteiger partial charge is 0.333 e. The minimum absolute atomic E-state index is 0.00852. The molecule has 0 radical (unpaired) electrons. The molecule has 0 N–H and O–H groups in total. The van der Waals surface area contributed by atoms with E-state index in [1.807, 2.05) is 35.2 Å². The maximum atomic E-state index is 13.6. The van der Waals surface area contributed by atoms with Crippen LogP contribution in [0.3, 0.4) is 0 Å². The Morgan fingerprint density at radius 1 is 1.04 bits per heavy atom. The van der Waals surface area contributed by atoms with Gasteiger partial charge in [-0.1, -0.05) is 36.4 Å². The Balaban J connectivity index is 1.54. The number of likely N-dealkylation sites (N-methyl/N-ethyl adjacent to an activating group) is 1. The van der Waals surface area contributed by atoms with Crippen LogP contribution < -0.4 is 4.90 Å². The summed E-state index contributed by atoms with van der Waals surface area (Å²) in [5.74, 6) is -0.905. The molecule has 0 unspecified atom stereocenters. The van der Waals surface area contributed by atoms with Crippen molar-refractivity contribution in [2.45, 2.75) is 12.5 Å². The highest BCUT2D eigenvalue weighted by molar-refractivity contribution is 6.00. The lowest BCUT2D eigenvalue weighted by molar-refractivity contribution is -0.140. The first-order valence-electron chi connectivity index (χ1n) is 9.63. The lowest BCUT2D eigenvalue weighted by Gasteiger charge is -2.41. The van der Waals surface area contributed by atoms with Crippen LogP contribution in [0.25, 0.3) is 0 Å². The number of halogens is 1. The van der Waals surface area contributed by atoms with Crippen molar-refractivity contribution in [2.75, 3.05) is 38.1 Å². The third kappa shape index (κ3) is 3.64. The second-order valence-electron chi connectivity index (χ2n) is 7.61. The molecule has 2 atom stereocenters. The minimum atomic E-state index is -0.398. The molecule has 0 aromatic heterocycles. The molecule has 2 heterocycles. The Morgan fingerprint density at radius 2 is 1.82 bits per heavy atom. The first-order valence-corrected chi connectivity index (χ1v) is 9.63. The SMILES string of the molecule is CN1CCN(C(=O)[C@@H]2CC(=O)N(c3cccc(F)c3)C2)[C@H](c2ccccc2)C1. The van der Waals surface area contributed by atoms with E-state index in [-0.39, 0.29) is 30.1 Å². The summed E-state index contributed by atoms with van der Waals surface area (Å²) < 4.78 is 13.6. The van der Waals surface area contributed by atoms with Crippen molar-refractivity contribution in [3.05, 3.63) is 66.0 Å². The Kier molecular flexibility index (Phi) is 5.13. The summed E-state index contributed by atoms with van der Waals surface area (Å²) >= 11 is 0. The van der Waals surface area contributed by atoms with Gasteiger partial charge in [0, 0.05) is 38.3 Å².